The second-order valence-corrected chi connectivity index (χ2v) is 8.24. The van der Waals surface area contributed by atoms with Crippen LogP contribution in [0.5, 0.6) is 5.75 Å². The van der Waals surface area contributed by atoms with Crippen LogP contribution in [-0.4, -0.2) is 12.5 Å². The summed E-state index contributed by atoms with van der Waals surface area (Å²) in [5, 5.41) is 0.570. The lowest BCUT2D eigenvalue weighted by atomic mass is 9.98. The van der Waals surface area contributed by atoms with Gasteiger partial charge < -0.3 is 9.15 Å². The van der Waals surface area contributed by atoms with E-state index in [1.165, 1.54) is 17.0 Å². The molecule has 0 N–H and O–H groups in total. The molecule has 0 spiro atoms. The number of anilines is 1. The Hall–Kier alpha value is -3.64. The van der Waals surface area contributed by atoms with Crippen LogP contribution in [0.25, 0.3) is 11.0 Å². The Morgan fingerprint density at radius 1 is 1.09 bits per heavy atom. The molecule has 5 nitrogen and oxygen atoms in total. The maximum Gasteiger partial charge on any atom is 0.295 e. The van der Waals surface area contributed by atoms with E-state index in [9.17, 15) is 14.0 Å². The summed E-state index contributed by atoms with van der Waals surface area (Å²) in [6.07, 6.45) is 0. The van der Waals surface area contributed by atoms with E-state index >= 15 is 0 Å². The fourth-order valence-electron chi connectivity index (χ4n) is 4.20. The summed E-state index contributed by atoms with van der Waals surface area (Å²) < 4.78 is 25.4. The van der Waals surface area contributed by atoms with Gasteiger partial charge in [0, 0.05) is 10.7 Å². The van der Waals surface area contributed by atoms with E-state index in [2.05, 4.69) is 0 Å². The number of nitrogens with zero attached hydrogens (tertiary/aromatic N) is 1. The number of fused-ring (bicyclic) bond motifs is 2. The largest absolute Gasteiger partial charge is 0.494 e. The number of hydrogen-bond acceptors (Lipinski definition) is 4. The molecule has 33 heavy (non-hydrogen) atoms. The predicted octanol–water partition coefficient (Wildman–Crippen LogP) is 6.04. The van der Waals surface area contributed by atoms with E-state index in [4.69, 9.17) is 20.8 Å². The second-order valence-electron chi connectivity index (χ2n) is 7.83. The van der Waals surface area contributed by atoms with Crippen molar-refractivity contribution in [2.75, 3.05) is 11.5 Å². The topological polar surface area (TPSA) is 59.8 Å². The monoisotopic (exact) mass is 463 g/mol. The smallest absolute Gasteiger partial charge is 0.295 e. The van der Waals surface area contributed by atoms with Crippen LogP contribution in [0.2, 0.25) is 5.02 Å². The molecule has 1 aromatic heterocycles. The van der Waals surface area contributed by atoms with Gasteiger partial charge in [0.25, 0.3) is 5.91 Å². The number of hydrogen-bond donors (Lipinski definition) is 0. The molecule has 1 amide bonds. The van der Waals surface area contributed by atoms with Crippen LogP contribution in [0.3, 0.4) is 0 Å². The van der Waals surface area contributed by atoms with Crippen molar-refractivity contribution < 1.29 is 18.3 Å². The van der Waals surface area contributed by atoms with Crippen molar-refractivity contribution in [1.82, 2.24) is 0 Å². The molecule has 4 aromatic rings. The highest BCUT2D eigenvalue weighted by Crippen LogP contribution is 2.42. The summed E-state index contributed by atoms with van der Waals surface area (Å²) in [4.78, 5) is 28.6. The highest BCUT2D eigenvalue weighted by atomic mass is 35.5. The number of rotatable bonds is 4. The number of amides is 1. The van der Waals surface area contributed by atoms with Crippen molar-refractivity contribution in [3.63, 3.8) is 0 Å². The average molecular weight is 464 g/mol. The summed E-state index contributed by atoms with van der Waals surface area (Å²) in [6.45, 7) is 4.20. The van der Waals surface area contributed by atoms with Gasteiger partial charge in [-0.3, -0.25) is 14.5 Å². The maximum atomic E-state index is 13.9. The fourth-order valence-corrected chi connectivity index (χ4v) is 4.37. The Morgan fingerprint density at radius 2 is 1.91 bits per heavy atom. The summed E-state index contributed by atoms with van der Waals surface area (Å²) >= 11 is 6.36. The first-order valence-corrected chi connectivity index (χ1v) is 10.9. The molecule has 0 saturated carbocycles. The minimum atomic E-state index is -0.796. The quantitative estimate of drug-likeness (QED) is 0.370. The van der Waals surface area contributed by atoms with Gasteiger partial charge in [-0.25, -0.2) is 4.39 Å². The zero-order valence-electron chi connectivity index (χ0n) is 17.9. The Morgan fingerprint density at radius 3 is 2.67 bits per heavy atom. The first kappa shape index (κ1) is 21.2. The van der Waals surface area contributed by atoms with E-state index in [1.54, 1.807) is 30.3 Å². The van der Waals surface area contributed by atoms with Crippen LogP contribution in [0.15, 0.2) is 69.9 Å². The number of benzene rings is 3. The van der Waals surface area contributed by atoms with Gasteiger partial charge in [0.05, 0.1) is 23.6 Å². The zero-order chi connectivity index (χ0) is 23.3. The number of carbonyl (C=O) groups is 1. The van der Waals surface area contributed by atoms with Crippen molar-refractivity contribution in [1.29, 1.82) is 0 Å². The molecule has 2 heterocycles. The maximum absolute atomic E-state index is 13.9. The SMILES string of the molecule is CCOc1cccc(C2c3c(oc4ccc(F)cc4c3=O)C(=O)N2c2ccc(C)c(Cl)c2)c1. The number of halogens is 2. The molecule has 7 heteroatoms. The second kappa shape index (κ2) is 8.05. The molecule has 3 aromatic carbocycles. The van der Waals surface area contributed by atoms with Crippen LogP contribution < -0.4 is 15.1 Å². The van der Waals surface area contributed by atoms with Crippen LogP contribution >= 0.6 is 11.6 Å². The number of carbonyl (C=O) groups excluding carboxylic acids is 1. The molecule has 0 saturated heterocycles. The van der Waals surface area contributed by atoms with Crippen LogP contribution in [0.4, 0.5) is 10.1 Å². The first-order valence-electron chi connectivity index (χ1n) is 10.5. The first-order chi connectivity index (χ1) is 15.9. The Labute approximate surface area is 194 Å². The lowest BCUT2D eigenvalue weighted by Gasteiger charge is -2.26. The normalized spacial score (nSPS) is 15.2. The highest BCUT2D eigenvalue weighted by Gasteiger charge is 2.44. The van der Waals surface area contributed by atoms with Gasteiger partial charge in [0.1, 0.15) is 17.1 Å². The number of aryl methyl sites for hydroxylation is 1. The van der Waals surface area contributed by atoms with Gasteiger partial charge in [-0.1, -0.05) is 29.8 Å². The highest BCUT2D eigenvalue weighted by molar-refractivity contribution is 6.31. The average Bonchev–Trinajstić information content (AvgIpc) is 3.09. The Balaban J connectivity index is 1.80. The summed E-state index contributed by atoms with van der Waals surface area (Å²) in [5.74, 6) is -0.493. The third-order valence-corrected chi connectivity index (χ3v) is 6.16. The van der Waals surface area contributed by atoms with E-state index in [1.807, 2.05) is 26.0 Å². The molecule has 1 atom stereocenters. The van der Waals surface area contributed by atoms with Crippen molar-refractivity contribution in [3.05, 3.63) is 104 Å². The minimum Gasteiger partial charge on any atom is -0.494 e. The van der Waals surface area contributed by atoms with Crippen LogP contribution in [0.1, 0.15) is 40.2 Å². The summed E-state index contributed by atoms with van der Waals surface area (Å²) in [6, 6.07) is 15.3. The standard InChI is InChI=1S/C26H19ClFNO4/c1-3-32-18-6-4-5-15(11-18)23-22-24(30)19-12-16(28)8-10-21(19)33-25(22)26(31)29(23)17-9-7-14(2)20(27)13-17/h4-13,23H,3H2,1-2H3. The van der Waals surface area contributed by atoms with E-state index in [-0.39, 0.29) is 22.3 Å². The van der Waals surface area contributed by atoms with Crippen molar-refractivity contribution in [2.45, 2.75) is 19.9 Å². The molecule has 166 valence electrons. The van der Waals surface area contributed by atoms with E-state index < -0.39 is 23.2 Å². The number of ether oxygens (including phenoxy) is 1. The van der Waals surface area contributed by atoms with Gasteiger partial charge >= 0.3 is 0 Å². The van der Waals surface area contributed by atoms with Crippen LogP contribution in [-0.2, 0) is 0 Å². The molecular weight excluding hydrogens is 445 g/mol. The summed E-state index contributed by atoms with van der Waals surface area (Å²) in [7, 11) is 0. The molecule has 1 aliphatic rings. The predicted molar refractivity (Wildman–Crippen MR) is 125 cm³/mol. The molecule has 5 rings (SSSR count). The molecule has 1 unspecified atom stereocenters. The Bertz CT molecular complexity index is 1480. The van der Waals surface area contributed by atoms with Gasteiger partial charge in [-0.05, 0) is 67.4 Å². The zero-order valence-corrected chi connectivity index (χ0v) is 18.7. The van der Waals surface area contributed by atoms with Crippen molar-refractivity contribution in [2.24, 2.45) is 0 Å². The molecule has 0 fully saturated rings. The lowest BCUT2D eigenvalue weighted by Crippen LogP contribution is -2.29. The van der Waals surface area contributed by atoms with Crippen molar-refractivity contribution >= 4 is 34.2 Å². The van der Waals surface area contributed by atoms with Gasteiger partial charge in [-0.2, -0.15) is 0 Å². The third-order valence-electron chi connectivity index (χ3n) is 5.75. The van der Waals surface area contributed by atoms with Crippen molar-refractivity contribution in [3.8, 4) is 5.75 Å². The van der Waals surface area contributed by atoms with Gasteiger partial charge in [0.15, 0.2) is 5.43 Å². The van der Waals surface area contributed by atoms with Gasteiger partial charge in [0.2, 0.25) is 5.76 Å². The minimum absolute atomic E-state index is 0.0670. The summed E-state index contributed by atoms with van der Waals surface area (Å²) in [5.41, 5.74) is 1.89. The van der Waals surface area contributed by atoms with Gasteiger partial charge in [-0.15, -0.1) is 0 Å². The molecule has 1 aliphatic heterocycles. The molecule has 0 aliphatic carbocycles. The molecule has 0 radical (unpaired) electrons. The van der Waals surface area contributed by atoms with E-state index in [0.29, 0.717) is 28.6 Å². The lowest BCUT2D eigenvalue weighted by molar-refractivity contribution is 0.0971. The van der Waals surface area contributed by atoms with Crippen LogP contribution in [0, 0.1) is 12.7 Å². The third kappa shape index (κ3) is 3.47. The molecule has 0 bridgehead atoms. The van der Waals surface area contributed by atoms with E-state index in [0.717, 1.165) is 11.6 Å². The Kier molecular flexibility index (Phi) is 5.17. The fraction of sp³-hybridized carbons (Fsp3) is 0.154. The molecular formula is C26H19ClFNO4.